The van der Waals surface area contributed by atoms with Gasteiger partial charge in [-0.15, -0.1) is 11.8 Å². The van der Waals surface area contributed by atoms with Crippen LogP contribution in [0.3, 0.4) is 0 Å². The Morgan fingerprint density at radius 3 is 2.65 bits per heavy atom. The number of Topliss-reactive ketones (excluding diaryl/α,β-unsaturated/α-hetero) is 1. The van der Waals surface area contributed by atoms with E-state index < -0.39 is 17.5 Å². The van der Waals surface area contributed by atoms with Gasteiger partial charge in [-0.1, -0.05) is 11.6 Å². The highest BCUT2D eigenvalue weighted by Gasteiger charge is 2.22. The van der Waals surface area contributed by atoms with Gasteiger partial charge in [0.15, 0.2) is 0 Å². The number of hydrogen-bond acceptors (Lipinski definition) is 3. The van der Waals surface area contributed by atoms with Gasteiger partial charge in [0.25, 0.3) is 5.91 Å². The molecule has 1 aliphatic carbocycles. The Morgan fingerprint density at radius 2 is 1.92 bits per heavy atom. The average molecular weight is 396 g/mol. The monoisotopic (exact) mass is 395 g/mol. The van der Waals surface area contributed by atoms with Crippen LogP contribution in [0.5, 0.6) is 0 Å². The van der Waals surface area contributed by atoms with Crippen molar-refractivity contribution in [2.24, 2.45) is 0 Å². The van der Waals surface area contributed by atoms with Crippen LogP contribution in [0.2, 0.25) is 5.02 Å². The van der Waals surface area contributed by atoms with E-state index in [2.05, 4.69) is 5.32 Å². The van der Waals surface area contributed by atoms with Crippen molar-refractivity contribution in [2.75, 3.05) is 5.32 Å². The lowest BCUT2D eigenvalue weighted by Crippen LogP contribution is -2.17. The number of carbonyl (C=O) groups excluding carboxylic acids is 2. The molecule has 0 spiro atoms. The molecule has 1 unspecified atom stereocenters. The zero-order valence-corrected chi connectivity index (χ0v) is 15.3. The summed E-state index contributed by atoms with van der Waals surface area (Å²) in [6.07, 6.45) is 2.67. The Hall–Kier alpha value is -1.92. The first kappa shape index (κ1) is 18.9. The normalized spacial score (nSPS) is 17.2. The number of carbonyl (C=O) groups is 2. The Kier molecular flexibility index (Phi) is 5.94. The van der Waals surface area contributed by atoms with E-state index in [4.69, 9.17) is 11.6 Å². The third-order valence-corrected chi connectivity index (χ3v) is 5.69. The molecule has 136 valence electrons. The van der Waals surface area contributed by atoms with Crippen LogP contribution in [0.1, 0.15) is 36.0 Å². The molecule has 0 heterocycles. The number of anilines is 1. The van der Waals surface area contributed by atoms with Crippen LogP contribution in [0, 0.1) is 11.6 Å². The van der Waals surface area contributed by atoms with Crippen molar-refractivity contribution in [3.8, 4) is 0 Å². The third-order valence-electron chi connectivity index (χ3n) is 4.10. The molecule has 2 aromatic carbocycles. The van der Waals surface area contributed by atoms with Crippen LogP contribution in [0.15, 0.2) is 41.3 Å². The van der Waals surface area contributed by atoms with Crippen LogP contribution < -0.4 is 5.32 Å². The van der Waals surface area contributed by atoms with Crippen molar-refractivity contribution in [3.05, 3.63) is 58.6 Å². The summed E-state index contributed by atoms with van der Waals surface area (Å²) in [7, 11) is 0. The first-order valence-corrected chi connectivity index (χ1v) is 9.42. The summed E-state index contributed by atoms with van der Waals surface area (Å²) in [5, 5.41) is 2.54. The molecular formula is C19H16ClF2NO2S. The summed E-state index contributed by atoms with van der Waals surface area (Å²) >= 11 is 6.99. The summed E-state index contributed by atoms with van der Waals surface area (Å²) in [6, 6.07) is 7.95. The minimum absolute atomic E-state index is 0.0277. The highest BCUT2D eigenvalue weighted by molar-refractivity contribution is 8.00. The summed E-state index contributed by atoms with van der Waals surface area (Å²) in [5.74, 6) is -1.26. The van der Waals surface area contributed by atoms with E-state index in [0.717, 1.165) is 18.9 Å². The Bertz CT molecular complexity index is 859. The van der Waals surface area contributed by atoms with Crippen LogP contribution in [-0.4, -0.2) is 16.9 Å². The summed E-state index contributed by atoms with van der Waals surface area (Å²) in [5.41, 5.74) is 0.620. The van der Waals surface area contributed by atoms with Gasteiger partial charge < -0.3 is 5.32 Å². The van der Waals surface area contributed by atoms with Crippen molar-refractivity contribution < 1.29 is 18.4 Å². The summed E-state index contributed by atoms with van der Waals surface area (Å²) in [6.45, 7) is 0. The number of ketones is 1. The number of halogens is 3. The molecule has 1 amide bonds. The van der Waals surface area contributed by atoms with Gasteiger partial charge in [-0.25, -0.2) is 8.78 Å². The Balaban J connectivity index is 1.74. The van der Waals surface area contributed by atoms with Gasteiger partial charge in [0.2, 0.25) is 0 Å². The van der Waals surface area contributed by atoms with Crippen molar-refractivity contribution in [2.45, 2.75) is 35.8 Å². The van der Waals surface area contributed by atoms with E-state index >= 15 is 0 Å². The molecule has 3 nitrogen and oxygen atoms in total. The van der Waals surface area contributed by atoms with Crippen molar-refractivity contribution in [1.82, 2.24) is 0 Å². The second kappa shape index (κ2) is 8.18. The smallest absolute Gasteiger partial charge is 0.255 e. The first-order chi connectivity index (χ1) is 12.4. The number of thioether (sulfide) groups is 1. The fourth-order valence-electron chi connectivity index (χ4n) is 2.78. The van der Waals surface area contributed by atoms with Gasteiger partial charge in [0.1, 0.15) is 17.4 Å². The van der Waals surface area contributed by atoms with Crippen LogP contribution in [-0.2, 0) is 4.79 Å². The Labute approximate surface area is 159 Å². The summed E-state index contributed by atoms with van der Waals surface area (Å²) in [4.78, 5) is 24.3. The zero-order chi connectivity index (χ0) is 18.7. The van der Waals surface area contributed by atoms with Gasteiger partial charge in [-0.3, -0.25) is 9.59 Å². The number of nitrogens with one attached hydrogen (secondary N) is 1. The first-order valence-electron chi connectivity index (χ1n) is 8.16. The van der Waals surface area contributed by atoms with E-state index in [1.54, 1.807) is 0 Å². The molecule has 1 saturated carbocycles. The van der Waals surface area contributed by atoms with Crippen LogP contribution >= 0.6 is 23.4 Å². The topological polar surface area (TPSA) is 46.2 Å². The molecule has 7 heteroatoms. The lowest BCUT2D eigenvalue weighted by molar-refractivity contribution is -0.120. The number of hydrogen-bond donors (Lipinski definition) is 1. The molecule has 0 aromatic heterocycles. The predicted octanol–water partition coefficient (Wildman–Crippen LogP) is 5.47. The van der Waals surface area contributed by atoms with Gasteiger partial charge in [-0.2, -0.15) is 0 Å². The maximum Gasteiger partial charge on any atom is 0.255 e. The van der Waals surface area contributed by atoms with Gasteiger partial charge >= 0.3 is 0 Å². The minimum Gasteiger partial charge on any atom is -0.322 e. The molecule has 1 fully saturated rings. The van der Waals surface area contributed by atoms with Gasteiger partial charge in [-0.05, 0) is 49.2 Å². The second-order valence-corrected chi connectivity index (χ2v) is 7.85. The quantitative estimate of drug-likeness (QED) is 0.746. The van der Waals surface area contributed by atoms with E-state index in [9.17, 15) is 18.4 Å². The van der Waals surface area contributed by atoms with Crippen molar-refractivity contribution >= 4 is 40.7 Å². The molecule has 0 saturated heterocycles. The van der Waals surface area contributed by atoms with Gasteiger partial charge in [0, 0.05) is 34.2 Å². The Morgan fingerprint density at radius 1 is 1.15 bits per heavy atom. The molecule has 1 N–H and O–H groups in total. The molecule has 0 radical (unpaired) electrons. The lowest BCUT2D eigenvalue weighted by atomic mass is 9.99. The minimum atomic E-state index is -0.577. The van der Waals surface area contributed by atoms with Crippen LogP contribution in [0.4, 0.5) is 14.5 Å². The highest BCUT2D eigenvalue weighted by atomic mass is 35.5. The zero-order valence-electron chi connectivity index (χ0n) is 13.7. The van der Waals surface area contributed by atoms with E-state index in [0.29, 0.717) is 23.4 Å². The maximum atomic E-state index is 14.1. The standard InChI is InChI=1S/C19H16ClF2NO2S/c20-15-9-12(5-7-16(15)21)23-19(25)11-4-6-17(22)18(8-11)26-14-3-1-2-13(24)10-14/h4-9,14H,1-3,10H2,(H,23,25). The average Bonchev–Trinajstić information content (AvgIpc) is 2.60. The molecule has 0 bridgehead atoms. The SMILES string of the molecule is O=C1CCCC(Sc2cc(C(=O)Nc3ccc(F)c(Cl)c3)ccc2F)C1. The summed E-state index contributed by atoms with van der Waals surface area (Å²) < 4.78 is 27.3. The lowest BCUT2D eigenvalue weighted by Gasteiger charge is -2.20. The molecule has 26 heavy (non-hydrogen) atoms. The molecule has 2 aromatic rings. The van der Waals surface area contributed by atoms with Gasteiger partial charge in [0.05, 0.1) is 5.02 Å². The van der Waals surface area contributed by atoms with Crippen molar-refractivity contribution in [1.29, 1.82) is 0 Å². The second-order valence-electron chi connectivity index (χ2n) is 6.10. The van der Waals surface area contributed by atoms with Crippen molar-refractivity contribution in [3.63, 3.8) is 0 Å². The molecule has 3 rings (SSSR count). The molecule has 1 atom stereocenters. The molecule has 1 aliphatic rings. The number of benzene rings is 2. The van der Waals surface area contributed by atoms with Crippen LogP contribution in [0.25, 0.3) is 0 Å². The van der Waals surface area contributed by atoms with E-state index in [1.165, 1.54) is 42.1 Å². The molecular weight excluding hydrogens is 380 g/mol. The fraction of sp³-hybridized carbons (Fsp3) is 0.263. The number of rotatable bonds is 4. The largest absolute Gasteiger partial charge is 0.322 e. The van der Waals surface area contributed by atoms with E-state index in [1.807, 2.05) is 0 Å². The highest BCUT2D eigenvalue weighted by Crippen LogP contribution is 2.34. The van der Waals surface area contributed by atoms with E-state index in [-0.39, 0.29) is 21.6 Å². The fourth-order valence-corrected chi connectivity index (χ4v) is 4.25. The predicted molar refractivity (Wildman–Crippen MR) is 98.9 cm³/mol. The maximum absolute atomic E-state index is 14.1. The number of amides is 1. The third kappa shape index (κ3) is 4.62. The molecule has 0 aliphatic heterocycles.